The van der Waals surface area contributed by atoms with E-state index in [1.54, 1.807) is 18.7 Å². The Morgan fingerprint density at radius 2 is 2.00 bits per heavy atom. The molecule has 0 saturated carbocycles. The molecule has 0 radical (unpaired) electrons. The highest BCUT2D eigenvalue weighted by atomic mass is 35.5. The van der Waals surface area contributed by atoms with Crippen molar-refractivity contribution in [2.45, 2.75) is 30.7 Å². The molecule has 1 aliphatic heterocycles. The Bertz CT molecular complexity index is 674. The Labute approximate surface area is 140 Å². The number of hydrogen-bond acceptors (Lipinski definition) is 2. The summed E-state index contributed by atoms with van der Waals surface area (Å²) in [4.78, 5) is 15.4. The lowest BCUT2D eigenvalue weighted by molar-refractivity contribution is -0.117. The van der Waals surface area contributed by atoms with Gasteiger partial charge >= 0.3 is 0 Å². The smallest absolute Gasteiger partial charge is 0.224 e. The van der Waals surface area contributed by atoms with Gasteiger partial charge in [0.25, 0.3) is 0 Å². The van der Waals surface area contributed by atoms with Crippen LogP contribution in [0.15, 0.2) is 53.4 Å². The summed E-state index contributed by atoms with van der Waals surface area (Å²) in [7, 11) is 0. The van der Waals surface area contributed by atoms with Crippen molar-refractivity contribution in [3.05, 3.63) is 59.1 Å². The molecule has 0 spiro atoms. The minimum atomic E-state index is 0.0554. The molecule has 114 valence electrons. The number of rotatable bonds is 1. The van der Waals surface area contributed by atoms with Crippen LogP contribution in [-0.2, 0) is 4.79 Å². The number of hydrogen-bond donors (Lipinski definition) is 0. The van der Waals surface area contributed by atoms with Gasteiger partial charge in [0.1, 0.15) is 0 Å². The van der Waals surface area contributed by atoms with E-state index in [4.69, 9.17) is 11.6 Å². The van der Waals surface area contributed by atoms with Gasteiger partial charge in [-0.25, -0.2) is 0 Å². The standard InChI is InChI=1S/C18H18ClNOS/c1-13(21)20-16(14-6-3-2-4-7-14)8-5-11-22-18-10-9-15(19)12-17(18)20/h2-4,6-7,9-10,12,16H,5,8,11H2,1H3. The molecule has 4 heteroatoms. The molecule has 1 heterocycles. The summed E-state index contributed by atoms with van der Waals surface area (Å²) in [6, 6.07) is 16.1. The molecule has 0 N–H and O–H groups in total. The predicted molar refractivity (Wildman–Crippen MR) is 93.8 cm³/mol. The second-order valence-electron chi connectivity index (χ2n) is 5.42. The molecule has 0 saturated heterocycles. The monoisotopic (exact) mass is 331 g/mol. The Kier molecular flexibility index (Phi) is 4.74. The highest BCUT2D eigenvalue weighted by Gasteiger charge is 2.28. The van der Waals surface area contributed by atoms with Crippen molar-refractivity contribution in [3.63, 3.8) is 0 Å². The number of fused-ring (bicyclic) bond motifs is 1. The zero-order valence-electron chi connectivity index (χ0n) is 12.5. The van der Waals surface area contributed by atoms with E-state index in [9.17, 15) is 4.79 Å². The highest BCUT2D eigenvalue weighted by Crippen LogP contribution is 2.41. The quantitative estimate of drug-likeness (QED) is 0.704. The van der Waals surface area contributed by atoms with Gasteiger partial charge in [0.05, 0.1) is 11.7 Å². The molecular formula is C18H18ClNOS. The molecule has 2 nitrogen and oxygen atoms in total. The predicted octanol–water partition coefficient (Wildman–Crippen LogP) is 5.32. The van der Waals surface area contributed by atoms with E-state index >= 15 is 0 Å². The lowest BCUT2D eigenvalue weighted by Crippen LogP contribution is -2.34. The van der Waals surface area contributed by atoms with Crippen molar-refractivity contribution in [1.82, 2.24) is 0 Å². The summed E-state index contributed by atoms with van der Waals surface area (Å²) in [6.07, 6.45) is 2.04. The number of halogens is 1. The fraction of sp³-hybridized carbons (Fsp3) is 0.278. The topological polar surface area (TPSA) is 20.3 Å². The summed E-state index contributed by atoms with van der Waals surface area (Å²) < 4.78 is 0. The molecule has 1 unspecified atom stereocenters. The van der Waals surface area contributed by atoms with E-state index in [-0.39, 0.29) is 11.9 Å². The average Bonchev–Trinajstić information content (AvgIpc) is 2.49. The van der Waals surface area contributed by atoms with E-state index in [0.717, 1.165) is 29.2 Å². The lowest BCUT2D eigenvalue weighted by atomic mass is 9.99. The number of carbonyl (C=O) groups excluding carboxylic acids is 1. The molecule has 1 atom stereocenters. The fourth-order valence-electron chi connectivity index (χ4n) is 2.94. The molecule has 0 aromatic heterocycles. The number of benzene rings is 2. The molecule has 1 aliphatic rings. The maximum absolute atomic E-state index is 12.4. The van der Waals surface area contributed by atoms with Crippen LogP contribution in [0.4, 0.5) is 5.69 Å². The maximum atomic E-state index is 12.4. The van der Waals surface area contributed by atoms with Crippen molar-refractivity contribution in [2.24, 2.45) is 0 Å². The summed E-state index contributed by atoms with van der Waals surface area (Å²) in [5, 5.41) is 0.665. The van der Waals surface area contributed by atoms with Gasteiger partial charge in [-0.05, 0) is 42.4 Å². The molecule has 22 heavy (non-hydrogen) atoms. The lowest BCUT2D eigenvalue weighted by Gasteiger charge is -2.34. The second kappa shape index (κ2) is 6.76. The minimum Gasteiger partial charge on any atom is -0.304 e. The Hall–Kier alpha value is -1.45. The van der Waals surface area contributed by atoms with E-state index < -0.39 is 0 Å². The van der Waals surface area contributed by atoms with E-state index in [2.05, 4.69) is 12.1 Å². The Morgan fingerprint density at radius 3 is 2.73 bits per heavy atom. The maximum Gasteiger partial charge on any atom is 0.224 e. The number of anilines is 1. The van der Waals surface area contributed by atoms with Gasteiger partial charge in [0.15, 0.2) is 0 Å². The largest absolute Gasteiger partial charge is 0.304 e. The van der Waals surface area contributed by atoms with Crippen LogP contribution in [0.2, 0.25) is 5.02 Å². The molecule has 1 amide bonds. The van der Waals surface area contributed by atoms with Crippen molar-refractivity contribution >= 4 is 35.0 Å². The van der Waals surface area contributed by atoms with Crippen molar-refractivity contribution in [3.8, 4) is 0 Å². The van der Waals surface area contributed by atoms with Crippen LogP contribution in [0.1, 0.15) is 31.4 Å². The minimum absolute atomic E-state index is 0.0554. The first kappa shape index (κ1) is 15.4. The van der Waals surface area contributed by atoms with Gasteiger partial charge in [0.2, 0.25) is 5.91 Å². The third-order valence-corrected chi connectivity index (χ3v) is 5.28. The van der Waals surface area contributed by atoms with Crippen LogP contribution < -0.4 is 4.90 Å². The third kappa shape index (κ3) is 3.16. The van der Waals surface area contributed by atoms with Gasteiger partial charge in [0, 0.05) is 16.8 Å². The van der Waals surface area contributed by atoms with Crippen LogP contribution in [0.25, 0.3) is 0 Å². The zero-order chi connectivity index (χ0) is 15.5. The molecule has 2 aromatic rings. The second-order valence-corrected chi connectivity index (χ2v) is 6.99. The van der Waals surface area contributed by atoms with Crippen LogP contribution in [0.3, 0.4) is 0 Å². The normalized spacial score (nSPS) is 18.3. The molecule has 0 aliphatic carbocycles. The van der Waals surface area contributed by atoms with Gasteiger partial charge in [-0.15, -0.1) is 11.8 Å². The van der Waals surface area contributed by atoms with E-state index in [1.165, 1.54) is 5.56 Å². The molecule has 0 bridgehead atoms. The van der Waals surface area contributed by atoms with Crippen LogP contribution >= 0.6 is 23.4 Å². The van der Waals surface area contributed by atoms with Crippen molar-refractivity contribution in [1.29, 1.82) is 0 Å². The van der Waals surface area contributed by atoms with Gasteiger partial charge in [-0.1, -0.05) is 41.9 Å². The Balaban J connectivity index is 2.12. The first-order chi connectivity index (χ1) is 10.7. The highest BCUT2D eigenvalue weighted by molar-refractivity contribution is 7.99. The number of carbonyl (C=O) groups is 1. The number of thioether (sulfide) groups is 1. The average molecular weight is 332 g/mol. The van der Waals surface area contributed by atoms with Crippen molar-refractivity contribution in [2.75, 3.05) is 10.7 Å². The van der Waals surface area contributed by atoms with Crippen LogP contribution in [0, 0.1) is 0 Å². The third-order valence-electron chi connectivity index (χ3n) is 3.90. The zero-order valence-corrected chi connectivity index (χ0v) is 14.0. The first-order valence-electron chi connectivity index (χ1n) is 7.44. The van der Waals surface area contributed by atoms with E-state index in [0.29, 0.717) is 5.02 Å². The van der Waals surface area contributed by atoms with E-state index in [1.807, 2.05) is 41.3 Å². The molecule has 0 fully saturated rings. The van der Waals surface area contributed by atoms with Gasteiger partial charge < -0.3 is 4.90 Å². The number of amides is 1. The Morgan fingerprint density at radius 1 is 1.23 bits per heavy atom. The van der Waals surface area contributed by atoms with Crippen molar-refractivity contribution < 1.29 is 4.79 Å². The number of nitrogens with zero attached hydrogens (tertiary/aromatic N) is 1. The molecular weight excluding hydrogens is 314 g/mol. The summed E-state index contributed by atoms with van der Waals surface area (Å²) >= 11 is 7.98. The SMILES string of the molecule is CC(=O)N1c2cc(Cl)ccc2SCCCC1c1ccccc1. The summed E-state index contributed by atoms with van der Waals surface area (Å²) in [5.41, 5.74) is 2.11. The van der Waals surface area contributed by atoms with Crippen LogP contribution in [-0.4, -0.2) is 11.7 Å². The molecule has 3 rings (SSSR count). The van der Waals surface area contributed by atoms with Crippen LogP contribution in [0.5, 0.6) is 0 Å². The molecule has 2 aromatic carbocycles. The fourth-order valence-corrected chi connectivity index (χ4v) is 4.10. The first-order valence-corrected chi connectivity index (χ1v) is 8.80. The van der Waals surface area contributed by atoms with Gasteiger partial charge in [-0.3, -0.25) is 4.79 Å². The summed E-state index contributed by atoms with van der Waals surface area (Å²) in [5.74, 6) is 1.11. The summed E-state index contributed by atoms with van der Waals surface area (Å²) in [6.45, 7) is 1.63. The van der Waals surface area contributed by atoms with Gasteiger partial charge in [-0.2, -0.15) is 0 Å².